The van der Waals surface area contributed by atoms with Crippen molar-refractivity contribution < 1.29 is 4.79 Å². The van der Waals surface area contributed by atoms with E-state index in [0.717, 1.165) is 30.4 Å². The maximum Gasteiger partial charge on any atom is 0.258 e. The van der Waals surface area contributed by atoms with Gasteiger partial charge in [0.05, 0.1) is 17.4 Å². The van der Waals surface area contributed by atoms with Crippen LogP contribution in [0.4, 0.5) is 0 Å². The predicted molar refractivity (Wildman–Crippen MR) is 86.5 cm³/mol. The molecule has 1 aromatic heterocycles. The van der Waals surface area contributed by atoms with Gasteiger partial charge in [0.1, 0.15) is 6.54 Å². The number of imidazole rings is 1. The summed E-state index contributed by atoms with van der Waals surface area (Å²) in [5.74, 6) is -0.183. The van der Waals surface area contributed by atoms with E-state index in [1.54, 1.807) is 10.9 Å². The molecular weight excluding hydrogens is 286 g/mol. The fraction of sp³-hybridized carbons (Fsp3) is 0.357. The summed E-state index contributed by atoms with van der Waals surface area (Å²) in [5, 5.41) is 3.44. The summed E-state index contributed by atoms with van der Waals surface area (Å²) >= 11 is 5.05. The maximum absolute atomic E-state index is 11.9. The Morgan fingerprint density at radius 1 is 1.33 bits per heavy atom. The van der Waals surface area contributed by atoms with Crippen molar-refractivity contribution in [3.8, 4) is 0 Å². The van der Waals surface area contributed by atoms with Crippen molar-refractivity contribution in [1.82, 2.24) is 25.7 Å². The first kappa shape index (κ1) is 15.2. The maximum atomic E-state index is 11.9. The Kier molecular flexibility index (Phi) is 5.51. The first-order valence-electron chi connectivity index (χ1n) is 6.93. The van der Waals surface area contributed by atoms with Crippen molar-refractivity contribution in [2.24, 2.45) is 0 Å². The monoisotopic (exact) mass is 305 g/mol. The number of hydrazine groups is 1. The molecule has 112 valence electrons. The predicted octanol–water partition coefficient (Wildman–Crippen LogP) is 1.33. The van der Waals surface area contributed by atoms with Crippen LogP contribution in [0.15, 0.2) is 30.6 Å². The molecule has 0 aliphatic carbocycles. The molecule has 2 rings (SSSR count). The summed E-state index contributed by atoms with van der Waals surface area (Å²) in [6.07, 6.45) is 3.79. The molecular formula is C14H19N5OS. The Labute approximate surface area is 128 Å². The lowest BCUT2D eigenvalue weighted by atomic mass is 10.3. The van der Waals surface area contributed by atoms with E-state index in [4.69, 9.17) is 12.2 Å². The Balaban J connectivity index is 1.81. The molecule has 0 saturated carbocycles. The van der Waals surface area contributed by atoms with Crippen LogP contribution in [0.25, 0.3) is 11.0 Å². The van der Waals surface area contributed by atoms with Crippen molar-refractivity contribution in [1.29, 1.82) is 0 Å². The number of benzene rings is 1. The number of rotatable bonds is 5. The molecule has 0 atom stereocenters. The first-order chi connectivity index (χ1) is 10.2. The summed E-state index contributed by atoms with van der Waals surface area (Å²) in [4.78, 5) is 16.1. The van der Waals surface area contributed by atoms with Crippen LogP contribution in [0, 0.1) is 0 Å². The van der Waals surface area contributed by atoms with Gasteiger partial charge >= 0.3 is 0 Å². The standard InChI is InChI=1S/C14H19N5OS/c1-2-3-8-15-14(21)18-17-13(20)9-19-10-16-11-6-4-5-7-12(11)19/h4-7,10H,2-3,8-9H2,1H3,(H,17,20)(H2,15,18,21). The summed E-state index contributed by atoms with van der Waals surface area (Å²) in [6, 6.07) is 7.68. The first-order valence-corrected chi connectivity index (χ1v) is 7.34. The lowest BCUT2D eigenvalue weighted by Gasteiger charge is -2.11. The molecule has 0 spiro atoms. The molecule has 1 amide bonds. The van der Waals surface area contributed by atoms with Gasteiger partial charge in [0.2, 0.25) is 0 Å². The Morgan fingerprint density at radius 2 is 2.14 bits per heavy atom. The number of unbranched alkanes of at least 4 members (excludes halogenated alkanes) is 1. The zero-order valence-electron chi connectivity index (χ0n) is 11.9. The highest BCUT2D eigenvalue weighted by Gasteiger charge is 2.06. The summed E-state index contributed by atoms with van der Waals surface area (Å²) in [5.41, 5.74) is 7.06. The summed E-state index contributed by atoms with van der Waals surface area (Å²) < 4.78 is 1.79. The summed E-state index contributed by atoms with van der Waals surface area (Å²) in [7, 11) is 0. The van der Waals surface area contributed by atoms with Gasteiger partial charge in [-0.25, -0.2) is 4.98 Å². The van der Waals surface area contributed by atoms with Gasteiger partial charge in [0.15, 0.2) is 5.11 Å². The van der Waals surface area contributed by atoms with Gasteiger partial charge in [-0.2, -0.15) is 0 Å². The molecule has 1 heterocycles. The number of hydrogen-bond acceptors (Lipinski definition) is 3. The van der Waals surface area contributed by atoms with Gasteiger partial charge in [0.25, 0.3) is 5.91 Å². The van der Waals surface area contributed by atoms with Crippen LogP contribution in [0.3, 0.4) is 0 Å². The number of nitrogens with zero attached hydrogens (tertiary/aromatic N) is 2. The van der Waals surface area contributed by atoms with Gasteiger partial charge in [0, 0.05) is 6.54 Å². The second-order valence-electron chi connectivity index (χ2n) is 4.64. The number of fused-ring (bicyclic) bond motifs is 1. The average Bonchev–Trinajstić information content (AvgIpc) is 2.89. The van der Waals surface area contributed by atoms with E-state index >= 15 is 0 Å². The minimum Gasteiger partial charge on any atom is -0.361 e. The highest BCUT2D eigenvalue weighted by atomic mass is 32.1. The highest BCUT2D eigenvalue weighted by Crippen LogP contribution is 2.11. The van der Waals surface area contributed by atoms with Crippen molar-refractivity contribution in [3.63, 3.8) is 0 Å². The molecule has 3 N–H and O–H groups in total. The minimum absolute atomic E-state index is 0.183. The Morgan fingerprint density at radius 3 is 2.95 bits per heavy atom. The third-order valence-corrected chi connectivity index (χ3v) is 3.22. The third-order valence-electron chi connectivity index (χ3n) is 2.97. The van der Waals surface area contributed by atoms with E-state index in [1.807, 2.05) is 24.3 Å². The Bertz CT molecular complexity index is 625. The second kappa shape index (κ2) is 7.58. The van der Waals surface area contributed by atoms with Crippen molar-refractivity contribution in [2.45, 2.75) is 26.3 Å². The van der Waals surface area contributed by atoms with E-state index in [2.05, 4.69) is 28.1 Å². The normalized spacial score (nSPS) is 10.3. The zero-order chi connectivity index (χ0) is 15.1. The van der Waals surface area contributed by atoms with Crippen LogP contribution >= 0.6 is 12.2 Å². The molecule has 6 nitrogen and oxygen atoms in total. The number of amides is 1. The van der Waals surface area contributed by atoms with Crippen LogP contribution in [-0.4, -0.2) is 27.1 Å². The molecule has 0 radical (unpaired) electrons. The number of thiocarbonyl (C=S) groups is 1. The average molecular weight is 305 g/mol. The fourth-order valence-corrected chi connectivity index (χ4v) is 2.03. The van der Waals surface area contributed by atoms with E-state index in [1.165, 1.54) is 0 Å². The quantitative estimate of drug-likeness (QED) is 0.442. The van der Waals surface area contributed by atoms with E-state index in [9.17, 15) is 4.79 Å². The van der Waals surface area contributed by atoms with Crippen LogP contribution in [0.2, 0.25) is 0 Å². The lowest BCUT2D eigenvalue weighted by molar-refractivity contribution is -0.122. The topological polar surface area (TPSA) is 71.0 Å². The second-order valence-corrected chi connectivity index (χ2v) is 5.05. The van der Waals surface area contributed by atoms with E-state index in [0.29, 0.717) is 5.11 Å². The highest BCUT2D eigenvalue weighted by molar-refractivity contribution is 7.80. The molecule has 21 heavy (non-hydrogen) atoms. The van der Waals surface area contributed by atoms with Gasteiger partial charge in [-0.05, 0) is 30.8 Å². The molecule has 7 heteroatoms. The van der Waals surface area contributed by atoms with Crippen LogP contribution < -0.4 is 16.2 Å². The summed E-state index contributed by atoms with van der Waals surface area (Å²) in [6.45, 7) is 3.09. The molecule has 0 bridgehead atoms. The fourth-order valence-electron chi connectivity index (χ4n) is 1.88. The number of carbonyl (C=O) groups is 1. The minimum atomic E-state index is -0.183. The molecule has 0 aliphatic rings. The van der Waals surface area contributed by atoms with Crippen LogP contribution in [0.1, 0.15) is 19.8 Å². The molecule has 0 saturated heterocycles. The number of para-hydroxylation sites is 2. The number of nitrogens with one attached hydrogen (secondary N) is 3. The van der Waals surface area contributed by atoms with Gasteiger partial charge in [-0.1, -0.05) is 25.5 Å². The van der Waals surface area contributed by atoms with Gasteiger partial charge < -0.3 is 9.88 Å². The largest absolute Gasteiger partial charge is 0.361 e. The Hall–Kier alpha value is -2.15. The molecule has 0 fully saturated rings. The molecule has 1 aromatic carbocycles. The van der Waals surface area contributed by atoms with Crippen LogP contribution in [-0.2, 0) is 11.3 Å². The van der Waals surface area contributed by atoms with Crippen molar-refractivity contribution in [3.05, 3.63) is 30.6 Å². The molecule has 0 aliphatic heterocycles. The van der Waals surface area contributed by atoms with Gasteiger partial charge in [-0.15, -0.1) is 0 Å². The van der Waals surface area contributed by atoms with Crippen LogP contribution in [0.5, 0.6) is 0 Å². The van der Waals surface area contributed by atoms with Gasteiger partial charge in [-0.3, -0.25) is 15.6 Å². The third kappa shape index (κ3) is 4.42. The lowest BCUT2D eigenvalue weighted by Crippen LogP contribution is -2.47. The smallest absolute Gasteiger partial charge is 0.258 e. The number of hydrogen-bond donors (Lipinski definition) is 3. The number of carbonyl (C=O) groups excluding carboxylic acids is 1. The zero-order valence-corrected chi connectivity index (χ0v) is 12.7. The number of aromatic nitrogens is 2. The van der Waals surface area contributed by atoms with Crippen molar-refractivity contribution >= 4 is 34.3 Å². The van der Waals surface area contributed by atoms with E-state index in [-0.39, 0.29) is 12.5 Å². The van der Waals surface area contributed by atoms with E-state index < -0.39 is 0 Å². The SMILES string of the molecule is CCCCNC(=S)NNC(=O)Cn1cnc2ccccc21. The van der Waals surface area contributed by atoms with Crippen molar-refractivity contribution in [2.75, 3.05) is 6.54 Å². The molecule has 0 unspecified atom stereocenters. The molecule has 2 aromatic rings.